The van der Waals surface area contributed by atoms with Gasteiger partial charge in [0.2, 0.25) is 11.6 Å². The highest BCUT2D eigenvalue weighted by Gasteiger charge is 2.14. The molecule has 0 aliphatic heterocycles. The van der Waals surface area contributed by atoms with Crippen LogP contribution >= 0.6 is 0 Å². The van der Waals surface area contributed by atoms with Gasteiger partial charge in [-0.1, -0.05) is 30.3 Å². The van der Waals surface area contributed by atoms with Crippen LogP contribution in [0.5, 0.6) is 0 Å². The normalized spacial score (nSPS) is 10.3. The highest BCUT2D eigenvalue weighted by molar-refractivity contribution is 5.92. The van der Waals surface area contributed by atoms with E-state index in [1.165, 1.54) is 0 Å². The minimum atomic E-state index is -0.0755. The topological polar surface area (TPSA) is 56.0 Å². The lowest BCUT2D eigenvalue weighted by Crippen LogP contribution is -2.00. The summed E-state index contributed by atoms with van der Waals surface area (Å²) in [5.74, 6) is 0.481. The van der Waals surface area contributed by atoms with Crippen molar-refractivity contribution in [3.8, 4) is 11.5 Å². The highest BCUT2D eigenvalue weighted by Crippen LogP contribution is 2.16. The Bertz CT molecular complexity index is 477. The van der Waals surface area contributed by atoms with E-state index >= 15 is 0 Å². The molecular weight excluding hydrogens is 204 g/mol. The molecule has 1 aromatic heterocycles. The Balaban J connectivity index is 2.23. The molecule has 0 atom stereocenters. The molecule has 0 radical (unpaired) electrons. The molecular formula is C12H12N2O2. The molecule has 2 rings (SSSR count). The van der Waals surface area contributed by atoms with E-state index < -0.39 is 0 Å². The predicted octanol–water partition coefficient (Wildman–Crippen LogP) is 2.72. The van der Waals surface area contributed by atoms with Crippen LogP contribution in [0.2, 0.25) is 0 Å². The average Bonchev–Trinajstić information content (AvgIpc) is 2.80. The molecule has 82 valence electrons. The van der Waals surface area contributed by atoms with Crippen LogP contribution in [0.3, 0.4) is 0 Å². The highest BCUT2D eigenvalue weighted by atomic mass is 16.5. The van der Waals surface area contributed by atoms with Gasteiger partial charge in [0.25, 0.3) is 5.89 Å². The molecule has 0 fully saturated rings. The quantitative estimate of drug-likeness (QED) is 0.737. The van der Waals surface area contributed by atoms with Crippen LogP contribution in [-0.4, -0.2) is 15.9 Å². The molecule has 4 heteroatoms. The standard InChI is InChI=1S/C12H12N2O2/c1-2-6-10(15)11-13-12(16-14-11)9-7-4-3-5-8-9/h3-5,7-8H,2,6H2,1H3. The second-order valence-corrected chi connectivity index (χ2v) is 3.46. The molecule has 1 heterocycles. The first-order chi connectivity index (χ1) is 7.81. The lowest BCUT2D eigenvalue weighted by atomic mass is 10.2. The summed E-state index contributed by atoms with van der Waals surface area (Å²) in [5.41, 5.74) is 0.825. The Morgan fingerprint density at radius 3 is 2.75 bits per heavy atom. The summed E-state index contributed by atoms with van der Waals surface area (Å²) < 4.78 is 5.04. The van der Waals surface area contributed by atoms with Crippen LogP contribution < -0.4 is 0 Å². The van der Waals surface area contributed by atoms with Gasteiger partial charge in [-0.2, -0.15) is 4.98 Å². The minimum Gasteiger partial charge on any atom is -0.334 e. The Hall–Kier alpha value is -1.97. The van der Waals surface area contributed by atoms with Gasteiger partial charge < -0.3 is 4.52 Å². The molecule has 0 aliphatic carbocycles. The Kier molecular flexibility index (Phi) is 3.10. The van der Waals surface area contributed by atoms with Crippen molar-refractivity contribution < 1.29 is 9.32 Å². The average molecular weight is 216 g/mol. The van der Waals surface area contributed by atoms with Crippen LogP contribution in [0.15, 0.2) is 34.9 Å². The number of hydrogen-bond acceptors (Lipinski definition) is 4. The van der Waals surface area contributed by atoms with Gasteiger partial charge in [-0.05, 0) is 18.6 Å². The van der Waals surface area contributed by atoms with E-state index in [0.29, 0.717) is 12.3 Å². The molecule has 0 saturated heterocycles. The van der Waals surface area contributed by atoms with Crippen molar-refractivity contribution in [2.24, 2.45) is 0 Å². The molecule has 0 saturated carbocycles. The number of rotatable bonds is 4. The number of nitrogens with zero attached hydrogens (tertiary/aromatic N) is 2. The minimum absolute atomic E-state index is 0.0755. The van der Waals surface area contributed by atoms with E-state index in [1.807, 2.05) is 37.3 Å². The Labute approximate surface area is 93.3 Å². The lowest BCUT2D eigenvalue weighted by molar-refractivity contribution is 0.0969. The van der Waals surface area contributed by atoms with E-state index in [0.717, 1.165) is 12.0 Å². The van der Waals surface area contributed by atoms with Crippen molar-refractivity contribution in [3.63, 3.8) is 0 Å². The largest absolute Gasteiger partial charge is 0.334 e. The third kappa shape index (κ3) is 2.16. The molecule has 0 amide bonds. The summed E-state index contributed by atoms with van der Waals surface area (Å²) in [6, 6.07) is 9.40. The van der Waals surface area contributed by atoms with Crippen LogP contribution in [0, 0.1) is 0 Å². The van der Waals surface area contributed by atoms with Gasteiger partial charge in [0.1, 0.15) is 0 Å². The van der Waals surface area contributed by atoms with Crippen molar-refractivity contribution in [3.05, 3.63) is 36.2 Å². The SMILES string of the molecule is CCCC(=O)c1noc(-c2ccccc2)n1. The number of carbonyl (C=O) groups is 1. The Morgan fingerprint density at radius 2 is 2.06 bits per heavy atom. The first-order valence-electron chi connectivity index (χ1n) is 5.23. The molecule has 0 unspecified atom stereocenters. The van der Waals surface area contributed by atoms with Gasteiger partial charge in [0, 0.05) is 12.0 Å². The summed E-state index contributed by atoms with van der Waals surface area (Å²) in [4.78, 5) is 15.6. The second kappa shape index (κ2) is 4.70. The van der Waals surface area contributed by atoms with Gasteiger partial charge in [-0.15, -0.1) is 0 Å². The number of aromatic nitrogens is 2. The third-order valence-electron chi connectivity index (χ3n) is 2.17. The fraction of sp³-hybridized carbons (Fsp3) is 0.250. The van der Waals surface area contributed by atoms with Crippen molar-refractivity contribution in [1.29, 1.82) is 0 Å². The number of Topliss-reactive ketones (excluding diaryl/α,β-unsaturated/α-hetero) is 1. The predicted molar refractivity (Wildman–Crippen MR) is 59.0 cm³/mol. The number of ketones is 1. The monoisotopic (exact) mass is 216 g/mol. The number of carbonyl (C=O) groups excluding carboxylic acids is 1. The third-order valence-corrected chi connectivity index (χ3v) is 2.17. The van der Waals surface area contributed by atoms with E-state index in [4.69, 9.17) is 4.52 Å². The molecule has 16 heavy (non-hydrogen) atoms. The summed E-state index contributed by atoms with van der Waals surface area (Å²) in [6.07, 6.45) is 1.24. The summed E-state index contributed by atoms with van der Waals surface area (Å²) in [6.45, 7) is 1.94. The van der Waals surface area contributed by atoms with Gasteiger partial charge in [0.05, 0.1) is 0 Å². The lowest BCUT2D eigenvalue weighted by Gasteiger charge is -1.90. The van der Waals surface area contributed by atoms with E-state index in [1.54, 1.807) is 0 Å². The Morgan fingerprint density at radius 1 is 1.31 bits per heavy atom. The van der Waals surface area contributed by atoms with E-state index in [2.05, 4.69) is 10.1 Å². The van der Waals surface area contributed by atoms with Crippen LogP contribution in [0.1, 0.15) is 30.4 Å². The molecule has 4 nitrogen and oxygen atoms in total. The fourth-order valence-electron chi connectivity index (χ4n) is 1.37. The van der Waals surface area contributed by atoms with Gasteiger partial charge in [0.15, 0.2) is 0 Å². The maximum Gasteiger partial charge on any atom is 0.258 e. The first-order valence-corrected chi connectivity index (χ1v) is 5.23. The van der Waals surface area contributed by atoms with Gasteiger partial charge in [-0.3, -0.25) is 4.79 Å². The number of hydrogen-bond donors (Lipinski definition) is 0. The molecule has 0 spiro atoms. The zero-order valence-corrected chi connectivity index (χ0v) is 9.01. The van der Waals surface area contributed by atoms with Crippen LogP contribution in [-0.2, 0) is 0 Å². The van der Waals surface area contributed by atoms with E-state index in [9.17, 15) is 4.79 Å². The maximum atomic E-state index is 11.5. The molecule has 2 aromatic rings. The summed E-state index contributed by atoms with van der Waals surface area (Å²) in [5, 5.41) is 3.68. The molecule has 0 bridgehead atoms. The van der Waals surface area contributed by atoms with Crippen molar-refractivity contribution in [2.75, 3.05) is 0 Å². The summed E-state index contributed by atoms with van der Waals surface area (Å²) in [7, 11) is 0. The van der Waals surface area contributed by atoms with Crippen molar-refractivity contribution in [2.45, 2.75) is 19.8 Å². The zero-order chi connectivity index (χ0) is 11.4. The molecule has 0 aliphatic rings. The van der Waals surface area contributed by atoms with Crippen molar-refractivity contribution >= 4 is 5.78 Å². The summed E-state index contributed by atoms with van der Waals surface area (Å²) >= 11 is 0. The smallest absolute Gasteiger partial charge is 0.258 e. The van der Waals surface area contributed by atoms with Crippen LogP contribution in [0.25, 0.3) is 11.5 Å². The van der Waals surface area contributed by atoms with Gasteiger partial charge in [-0.25, -0.2) is 0 Å². The first kappa shape index (κ1) is 10.5. The zero-order valence-electron chi connectivity index (χ0n) is 9.01. The number of benzene rings is 1. The van der Waals surface area contributed by atoms with Gasteiger partial charge >= 0.3 is 0 Å². The fourth-order valence-corrected chi connectivity index (χ4v) is 1.37. The molecule has 0 N–H and O–H groups in total. The van der Waals surface area contributed by atoms with Crippen molar-refractivity contribution in [1.82, 2.24) is 10.1 Å². The second-order valence-electron chi connectivity index (χ2n) is 3.46. The maximum absolute atomic E-state index is 11.5. The van der Waals surface area contributed by atoms with Crippen LogP contribution in [0.4, 0.5) is 0 Å². The van der Waals surface area contributed by atoms with E-state index in [-0.39, 0.29) is 11.6 Å². The molecule has 1 aromatic carbocycles.